The molecule has 6 heteroatoms. The SMILES string of the molecule is O=C(O)/C=C/C(=O)Nc1cc2c(cc1Br)-c1ccccc1[C@@H]2O. The predicted octanol–water partition coefficient (Wildman–Crippen LogP) is 3.09. The van der Waals surface area contributed by atoms with E-state index >= 15 is 0 Å². The smallest absolute Gasteiger partial charge is 0.328 e. The standard InChI is InChI=1S/C17H12BrNO4/c18-13-7-11-9-3-1-2-4-10(9)17(23)12(11)8-14(13)19-15(20)5-6-16(21)22/h1-8,17,23H,(H,19,20)(H,21,22)/b6-5+/t17-/m0/s1. The number of carboxylic acids is 1. The van der Waals surface area contributed by atoms with Gasteiger partial charge in [0, 0.05) is 16.6 Å². The molecule has 0 bridgehead atoms. The van der Waals surface area contributed by atoms with Gasteiger partial charge in [0.25, 0.3) is 0 Å². The van der Waals surface area contributed by atoms with Gasteiger partial charge in [-0.2, -0.15) is 0 Å². The number of carbonyl (C=O) groups is 2. The van der Waals surface area contributed by atoms with Crippen molar-refractivity contribution in [2.75, 3.05) is 5.32 Å². The molecule has 0 heterocycles. The van der Waals surface area contributed by atoms with E-state index in [0.29, 0.717) is 15.7 Å². The second-order valence-corrected chi connectivity index (χ2v) is 5.92. The van der Waals surface area contributed by atoms with Gasteiger partial charge in [-0.15, -0.1) is 0 Å². The molecule has 0 unspecified atom stereocenters. The molecular formula is C17H12BrNO4. The van der Waals surface area contributed by atoms with Gasteiger partial charge in [-0.3, -0.25) is 4.79 Å². The van der Waals surface area contributed by atoms with E-state index in [0.717, 1.165) is 28.8 Å². The zero-order chi connectivity index (χ0) is 16.6. The summed E-state index contributed by atoms with van der Waals surface area (Å²) in [5.41, 5.74) is 3.85. The Balaban J connectivity index is 1.95. The Morgan fingerprint density at radius 3 is 2.57 bits per heavy atom. The third-order valence-electron chi connectivity index (χ3n) is 3.61. The van der Waals surface area contributed by atoms with Gasteiger partial charge >= 0.3 is 5.97 Å². The highest BCUT2D eigenvalue weighted by molar-refractivity contribution is 9.10. The average molecular weight is 374 g/mol. The van der Waals surface area contributed by atoms with Crippen molar-refractivity contribution in [3.8, 4) is 11.1 Å². The Morgan fingerprint density at radius 1 is 1.09 bits per heavy atom. The lowest BCUT2D eigenvalue weighted by molar-refractivity contribution is -0.131. The number of rotatable bonds is 3. The summed E-state index contributed by atoms with van der Waals surface area (Å²) in [4.78, 5) is 22.2. The van der Waals surface area contributed by atoms with Gasteiger partial charge in [0.2, 0.25) is 5.91 Å². The van der Waals surface area contributed by atoms with Crippen molar-refractivity contribution in [1.29, 1.82) is 0 Å². The van der Waals surface area contributed by atoms with Crippen LogP contribution in [0.4, 0.5) is 5.69 Å². The second-order valence-electron chi connectivity index (χ2n) is 5.07. The fourth-order valence-electron chi connectivity index (χ4n) is 2.61. The van der Waals surface area contributed by atoms with Crippen LogP contribution in [0.25, 0.3) is 11.1 Å². The molecule has 1 amide bonds. The van der Waals surface area contributed by atoms with Crippen LogP contribution >= 0.6 is 15.9 Å². The highest BCUT2D eigenvalue weighted by Gasteiger charge is 2.27. The van der Waals surface area contributed by atoms with Crippen molar-refractivity contribution in [2.24, 2.45) is 0 Å². The lowest BCUT2D eigenvalue weighted by atomic mass is 10.1. The first kappa shape index (κ1) is 15.5. The highest BCUT2D eigenvalue weighted by Crippen LogP contribution is 2.46. The van der Waals surface area contributed by atoms with Crippen LogP contribution in [-0.2, 0) is 9.59 Å². The lowest BCUT2D eigenvalue weighted by Gasteiger charge is -2.11. The average Bonchev–Trinajstić information content (AvgIpc) is 2.79. The Labute approximate surface area is 140 Å². The Kier molecular flexibility index (Phi) is 4.02. The first-order valence-electron chi connectivity index (χ1n) is 6.80. The summed E-state index contributed by atoms with van der Waals surface area (Å²) in [5, 5.41) is 21.6. The van der Waals surface area contributed by atoms with Crippen molar-refractivity contribution >= 4 is 33.5 Å². The molecule has 5 nitrogen and oxygen atoms in total. The molecule has 3 N–H and O–H groups in total. The van der Waals surface area contributed by atoms with Crippen molar-refractivity contribution in [1.82, 2.24) is 0 Å². The number of aliphatic carboxylic acids is 1. The third-order valence-corrected chi connectivity index (χ3v) is 4.27. The van der Waals surface area contributed by atoms with E-state index < -0.39 is 18.0 Å². The maximum absolute atomic E-state index is 11.7. The fraction of sp³-hybridized carbons (Fsp3) is 0.0588. The van der Waals surface area contributed by atoms with Gasteiger partial charge in [-0.1, -0.05) is 24.3 Å². The molecule has 2 aromatic rings. The van der Waals surface area contributed by atoms with Gasteiger partial charge in [0.1, 0.15) is 6.10 Å². The number of amides is 1. The van der Waals surface area contributed by atoms with Crippen LogP contribution in [0.15, 0.2) is 53.0 Å². The van der Waals surface area contributed by atoms with Crippen LogP contribution in [0.1, 0.15) is 17.2 Å². The lowest BCUT2D eigenvalue weighted by Crippen LogP contribution is -2.10. The fourth-order valence-corrected chi connectivity index (χ4v) is 3.06. The molecule has 2 aromatic carbocycles. The Morgan fingerprint density at radius 2 is 1.83 bits per heavy atom. The normalized spacial score (nSPS) is 15.3. The minimum absolute atomic E-state index is 0.468. The maximum atomic E-state index is 11.7. The van der Waals surface area contributed by atoms with Crippen LogP contribution in [-0.4, -0.2) is 22.1 Å². The van der Waals surface area contributed by atoms with Crippen LogP contribution < -0.4 is 5.32 Å². The molecule has 0 spiro atoms. The van der Waals surface area contributed by atoms with Crippen LogP contribution in [0.2, 0.25) is 0 Å². The van der Waals surface area contributed by atoms with Gasteiger partial charge in [0.05, 0.1) is 5.69 Å². The molecule has 116 valence electrons. The van der Waals surface area contributed by atoms with E-state index in [9.17, 15) is 14.7 Å². The summed E-state index contributed by atoms with van der Waals surface area (Å²) >= 11 is 3.39. The molecule has 0 radical (unpaired) electrons. The molecule has 1 atom stereocenters. The van der Waals surface area contributed by atoms with Crippen LogP contribution in [0.3, 0.4) is 0 Å². The van der Waals surface area contributed by atoms with E-state index in [1.165, 1.54) is 0 Å². The first-order chi connectivity index (χ1) is 11.0. The van der Waals surface area contributed by atoms with Crippen molar-refractivity contribution in [3.63, 3.8) is 0 Å². The van der Waals surface area contributed by atoms with E-state index in [1.807, 2.05) is 30.3 Å². The quantitative estimate of drug-likeness (QED) is 0.721. The number of halogens is 1. The molecule has 1 aliphatic carbocycles. The number of carbonyl (C=O) groups excluding carboxylic acids is 1. The van der Waals surface area contributed by atoms with Gasteiger partial charge in [-0.05, 0) is 50.3 Å². The minimum Gasteiger partial charge on any atom is -0.478 e. The van der Waals surface area contributed by atoms with E-state index in [-0.39, 0.29) is 0 Å². The van der Waals surface area contributed by atoms with E-state index in [1.54, 1.807) is 6.07 Å². The molecule has 0 aliphatic heterocycles. The molecule has 0 saturated heterocycles. The number of fused-ring (bicyclic) bond motifs is 3. The zero-order valence-corrected chi connectivity index (χ0v) is 13.4. The van der Waals surface area contributed by atoms with Crippen molar-refractivity contribution in [3.05, 3.63) is 64.1 Å². The summed E-state index contributed by atoms with van der Waals surface area (Å²) in [7, 11) is 0. The van der Waals surface area contributed by atoms with Gasteiger partial charge < -0.3 is 15.5 Å². The third kappa shape index (κ3) is 2.91. The molecular weight excluding hydrogens is 362 g/mol. The zero-order valence-electron chi connectivity index (χ0n) is 11.8. The molecule has 3 rings (SSSR count). The summed E-state index contributed by atoms with van der Waals surface area (Å²) in [5.74, 6) is -1.75. The molecule has 0 aromatic heterocycles. The molecule has 0 fully saturated rings. The topological polar surface area (TPSA) is 86.6 Å². The van der Waals surface area contributed by atoms with E-state index in [4.69, 9.17) is 5.11 Å². The van der Waals surface area contributed by atoms with Gasteiger partial charge in [-0.25, -0.2) is 4.79 Å². The summed E-state index contributed by atoms with van der Waals surface area (Å²) in [6, 6.07) is 11.1. The number of nitrogens with one attached hydrogen (secondary N) is 1. The monoisotopic (exact) mass is 373 g/mol. The largest absolute Gasteiger partial charge is 0.478 e. The predicted molar refractivity (Wildman–Crippen MR) is 89.0 cm³/mol. The van der Waals surface area contributed by atoms with Gasteiger partial charge in [0.15, 0.2) is 0 Å². The number of aliphatic hydroxyl groups is 1. The van der Waals surface area contributed by atoms with Crippen LogP contribution in [0, 0.1) is 0 Å². The highest BCUT2D eigenvalue weighted by atomic mass is 79.9. The second kappa shape index (κ2) is 5.98. The number of hydrogen-bond donors (Lipinski definition) is 3. The summed E-state index contributed by atoms with van der Waals surface area (Å²) < 4.78 is 0.650. The Hall–Kier alpha value is -2.44. The van der Waals surface area contributed by atoms with Crippen molar-refractivity contribution in [2.45, 2.75) is 6.10 Å². The molecule has 23 heavy (non-hydrogen) atoms. The maximum Gasteiger partial charge on any atom is 0.328 e. The van der Waals surface area contributed by atoms with Crippen LogP contribution in [0.5, 0.6) is 0 Å². The Bertz CT molecular complexity index is 844. The molecule has 1 aliphatic rings. The summed E-state index contributed by atoms with van der Waals surface area (Å²) in [6.07, 6.45) is 0.952. The number of benzene rings is 2. The first-order valence-corrected chi connectivity index (χ1v) is 7.59. The summed E-state index contributed by atoms with van der Waals surface area (Å²) in [6.45, 7) is 0. The minimum atomic E-state index is -1.20. The number of carboxylic acid groups (broad SMARTS) is 1. The number of anilines is 1. The number of aliphatic hydroxyl groups excluding tert-OH is 1. The molecule has 0 saturated carbocycles. The van der Waals surface area contributed by atoms with E-state index in [2.05, 4.69) is 21.2 Å². The number of hydrogen-bond acceptors (Lipinski definition) is 3. The van der Waals surface area contributed by atoms with Crippen molar-refractivity contribution < 1.29 is 19.8 Å².